The lowest BCUT2D eigenvalue weighted by molar-refractivity contribution is -0.0450. The van der Waals surface area contributed by atoms with E-state index in [9.17, 15) is 4.79 Å². The molecule has 0 N–H and O–H groups in total. The fourth-order valence-corrected chi connectivity index (χ4v) is 3.20. The minimum Gasteiger partial charge on any atom is -0.373 e. The smallest absolute Gasteiger partial charge is 0.274 e. The van der Waals surface area contributed by atoms with Crippen molar-refractivity contribution in [2.75, 3.05) is 19.7 Å². The summed E-state index contributed by atoms with van der Waals surface area (Å²) in [6.07, 6.45) is 7.77. The Morgan fingerprint density at radius 2 is 2.42 bits per heavy atom. The monoisotopic (exact) mass is 261 g/mol. The highest BCUT2D eigenvalue weighted by Crippen LogP contribution is 2.37. The van der Waals surface area contributed by atoms with E-state index in [1.165, 1.54) is 6.20 Å². The molecule has 5 heteroatoms. The fraction of sp³-hybridized carbons (Fsp3) is 0.643. The van der Waals surface area contributed by atoms with Crippen LogP contribution in [0.5, 0.6) is 0 Å². The minimum atomic E-state index is -0.116. The summed E-state index contributed by atoms with van der Waals surface area (Å²) >= 11 is 0. The number of nitrogens with zero attached hydrogens (tertiary/aromatic N) is 3. The van der Waals surface area contributed by atoms with Crippen molar-refractivity contribution in [1.29, 1.82) is 0 Å². The van der Waals surface area contributed by atoms with Crippen LogP contribution in [0.25, 0.3) is 0 Å². The van der Waals surface area contributed by atoms with E-state index in [1.54, 1.807) is 12.4 Å². The van der Waals surface area contributed by atoms with E-state index in [2.05, 4.69) is 16.9 Å². The molecular weight excluding hydrogens is 242 g/mol. The highest BCUT2D eigenvalue weighted by molar-refractivity contribution is 5.92. The number of carbonyl (C=O) groups is 1. The van der Waals surface area contributed by atoms with Crippen molar-refractivity contribution in [1.82, 2.24) is 14.9 Å². The molecule has 0 bridgehead atoms. The lowest BCUT2D eigenvalue weighted by Crippen LogP contribution is -2.50. The van der Waals surface area contributed by atoms with Crippen molar-refractivity contribution in [3.05, 3.63) is 24.3 Å². The van der Waals surface area contributed by atoms with Crippen LogP contribution >= 0.6 is 0 Å². The molecule has 102 valence electrons. The van der Waals surface area contributed by atoms with Crippen LogP contribution in [0.3, 0.4) is 0 Å². The van der Waals surface area contributed by atoms with Gasteiger partial charge in [-0.15, -0.1) is 0 Å². The van der Waals surface area contributed by atoms with Crippen LogP contribution in [0.2, 0.25) is 0 Å². The van der Waals surface area contributed by atoms with Crippen molar-refractivity contribution in [2.45, 2.75) is 31.8 Å². The average molecular weight is 261 g/mol. The first-order chi connectivity index (χ1) is 9.19. The second-order valence-electron chi connectivity index (χ2n) is 5.72. The van der Waals surface area contributed by atoms with Gasteiger partial charge in [-0.2, -0.15) is 0 Å². The van der Waals surface area contributed by atoms with E-state index in [0.29, 0.717) is 18.2 Å². The van der Waals surface area contributed by atoms with Crippen molar-refractivity contribution in [3.63, 3.8) is 0 Å². The standard InChI is InChI=1S/C14H19N3O2/c1-11-7-14(19-9-11)3-2-6-17(10-14)13(18)12-8-15-4-5-16-12/h4-5,8,11H,2-3,6-7,9-10H2,1H3/t11-,14+/m1/s1. The normalized spacial score (nSPS) is 30.8. The number of ether oxygens (including phenoxy) is 1. The van der Waals surface area contributed by atoms with E-state index in [1.807, 2.05) is 4.90 Å². The van der Waals surface area contributed by atoms with E-state index >= 15 is 0 Å². The van der Waals surface area contributed by atoms with Gasteiger partial charge in [-0.25, -0.2) is 4.98 Å². The Kier molecular flexibility index (Phi) is 3.22. The molecule has 0 unspecified atom stereocenters. The molecule has 1 aromatic heterocycles. The quantitative estimate of drug-likeness (QED) is 0.769. The largest absolute Gasteiger partial charge is 0.373 e. The first kappa shape index (κ1) is 12.5. The van der Waals surface area contributed by atoms with Gasteiger partial charge in [-0.3, -0.25) is 9.78 Å². The van der Waals surface area contributed by atoms with Gasteiger partial charge in [-0.05, 0) is 25.2 Å². The molecule has 1 aromatic rings. The number of rotatable bonds is 1. The first-order valence-corrected chi connectivity index (χ1v) is 6.88. The van der Waals surface area contributed by atoms with Gasteiger partial charge in [0.2, 0.25) is 0 Å². The van der Waals surface area contributed by atoms with Gasteiger partial charge in [-0.1, -0.05) is 6.92 Å². The summed E-state index contributed by atoms with van der Waals surface area (Å²) in [6, 6.07) is 0. The molecule has 0 saturated carbocycles. The van der Waals surface area contributed by atoms with Crippen molar-refractivity contribution >= 4 is 5.91 Å². The Labute approximate surface area is 113 Å². The number of amides is 1. The Hall–Kier alpha value is -1.49. The topological polar surface area (TPSA) is 55.3 Å². The highest BCUT2D eigenvalue weighted by atomic mass is 16.5. The summed E-state index contributed by atoms with van der Waals surface area (Å²) in [4.78, 5) is 22.3. The van der Waals surface area contributed by atoms with Crippen LogP contribution in [0, 0.1) is 5.92 Å². The predicted octanol–water partition coefficient (Wildman–Crippen LogP) is 1.51. The molecule has 0 radical (unpaired) electrons. The molecule has 0 aromatic carbocycles. The molecule has 1 spiro atoms. The van der Waals surface area contributed by atoms with Gasteiger partial charge in [0.1, 0.15) is 5.69 Å². The van der Waals surface area contributed by atoms with E-state index in [4.69, 9.17) is 4.74 Å². The molecule has 0 aliphatic carbocycles. The van der Waals surface area contributed by atoms with E-state index < -0.39 is 0 Å². The third kappa shape index (κ3) is 2.47. The molecule has 5 nitrogen and oxygen atoms in total. The van der Waals surface area contributed by atoms with Crippen molar-refractivity contribution < 1.29 is 9.53 Å². The van der Waals surface area contributed by atoms with E-state index in [-0.39, 0.29) is 11.5 Å². The van der Waals surface area contributed by atoms with Gasteiger partial charge in [0.25, 0.3) is 5.91 Å². The first-order valence-electron chi connectivity index (χ1n) is 6.88. The summed E-state index contributed by atoms with van der Waals surface area (Å²) in [5.41, 5.74) is 0.306. The number of piperidine rings is 1. The molecule has 2 atom stereocenters. The maximum absolute atomic E-state index is 12.4. The second kappa shape index (κ2) is 4.89. The third-order valence-corrected chi connectivity index (χ3v) is 4.00. The molecule has 2 saturated heterocycles. The second-order valence-corrected chi connectivity index (χ2v) is 5.72. The lowest BCUT2D eigenvalue weighted by Gasteiger charge is -2.39. The van der Waals surface area contributed by atoms with Crippen LogP contribution in [-0.2, 0) is 4.74 Å². The number of aromatic nitrogens is 2. The highest BCUT2D eigenvalue weighted by Gasteiger charge is 2.43. The Balaban J connectivity index is 1.74. The molecule has 19 heavy (non-hydrogen) atoms. The van der Waals surface area contributed by atoms with Gasteiger partial charge >= 0.3 is 0 Å². The molecule has 2 aliphatic heterocycles. The molecule has 3 heterocycles. The zero-order chi connectivity index (χ0) is 13.3. The Morgan fingerprint density at radius 1 is 1.53 bits per heavy atom. The van der Waals surface area contributed by atoms with Crippen LogP contribution in [0.15, 0.2) is 18.6 Å². The number of hydrogen-bond acceptors (Lipinski definition) is 4. The van der Waals surface area contributed by atoms with Crippen LogP contribution < -0.4 is 0 Å². The van der Waals surface area contributed by atoms with Gasteiger partial charge in [0.15, 0.2) is 0 Å². The van der Waals surface area contributed by atoms with Crippen LogP contribution in [0.1, 0.15) is 36.7 Å². The molecular formula is C14H19N3O2. The molecule has 2 aliphatic rings. The minimum absolute atomic E-state index is 0.0321. The SMILES string of the molecule is C[C@H]1CO[C@@]2(CCCN(C(=O)c3cnccn3)C2)C1. The third-order valence-electron chi connectivity index (χ3n) is 4.00. The predicted molar refractivity (Wildman–Crippen MR) is 69.6 cm³/mol. The summed E-state index contributed by atoms with van der Waals surface area (Å²) in [6.45, 7) is 4.49. The summed E-state index contributed by atoms with van der Waals surface area (Å²) in [7, 11) is 0. The average Bonchev–Trinajstić information content (AvgIpc) is 2.79. The number of likely N-dealkylation sites (tertiary alicyclic amines) is 1. The number of hydrogen-bond donors (Lipinski definition) is 0. The van der Waals surface area contributed by atoms with Crippen molar-refractivity contribution in [3.8, 4) is 0 Å². The fourth-order valence-electron chi connectivity index (χ4n) is 3.20. The Morgan fingerprint density at radius 3 is 3.11 bits per heavy atom. The molecule has 3 rings (SSSR count). The lowest BCUT2D eigenvalue weighted by atomic mass is 9.87. The molecule has 1 amide bonds. The summed E-state index contributed by atoms with van der Waals surface area (Å²) in [5.74, 6) is 0.557. The van der Waals surface area contributed by atoms with E-state index in [0.717, 1.165) is 32.4 Å². The zero-order valence-corrected chi connectivity index (χ0v) is 11.2. The van der Waals surface area contributed by atoms with Crippen LogP contribution in [0.4, 0.5) is 0 Å². The van der Waals surface area contributed by atoms with Crippen LogP contribution in [-0.4, -0.2) is 46.1 Å². The van der Waals surface area contributed by atoms with Gasteiger partial charge in [0, 0.05) is 18.9 Å². The Bertz CT molecular complexity index is 461. The zero-order valence-electron chi connectivity index (χ0n) is 11.2. The summed E-state index contributed by atoms with van der Waals surface area (Å²) in [5, 5.41) is 0. The van der Waals surface area contributed by atoms with Gasteiger partial charge in [0.05, 0.1) is 24.9 Å². The molecule has 2 fully saturated rings. The van der Waals surface area contributed by atoms with Gasteiger partial charge < -0.3 is 9.64 Å². The maximum atomic E-state index is 12.4. The summed E-state index contributed by atoms with van der Waals surface area (Å²) < 4.78 is 5.98. The maximum Gasteiger partial charge on any atom is 0.274 e. The number of carbonyl (C=O) groups excluding carboxylic acids is 1. The van der Waals surface area contributed by atoms with Crippen molar-refractivity contribution in [2.24, 2.45) is 5.92 Å².